The number of amides is 1. The number of pyridine rings is 1. The lowest BCUT2D eigenvalue weighted by Crippen LogP contribution is -2.21. The van der Waals surface area contributed by atoms with E-state index in [4.69, 9.17) is 9.47 Å². The van der Waals surface area contributed by atoms with Crippen molar-refractivity contribution >= 4 is 34.3 Å². The van der Waals surface area contributed by atoms with Crippen LogP contribution in [0.25, 0.3) is 0 Å². The first-order valence-electron chi connectivity index (χ1n) is 6.28. The third-order valence-corrected chi connectivity index (χ3v) is 3.86. The van der Waals surface area contributed by atoms with Crippen molar-refractivity contribution in [1.29, 1.82) is 0 Å². The molecule has 0 fully saturated rings. The van der Waals surface area contributed by atoms with Crippen molar-refractivity contribution in [3.63, 3.8) is 0 Å². The molecular formula is C15H15IN2O3. The lowest BCUT2D eigenvalue weighted by Gasteiger charge is -2.08. The molecule has 0 radical (unpaired) electrons. The number of nitrogens with one attached hydrogen (secondary N) is 1. The number of rotatable bonds is 5. The average molecular weight is 398 g/mol. The summed E-state index contributed by atoms with van der Waals surface area (Å²) in [4.78, 5) is 16.1. The van der Waals surface area contributed by atoms with Gasteiger partial charge in [-0.3, -0.25) is 4.79 Å². The number of methoxy groups -OCH3 is 1. The van der Waals surface area contributed by atoms with E-state index in [1.165, 1.54) is 0 Å². The molecule has 1 aromatic heterocycles. The van der Waals surface area contributed by atoms with Crippen molar-refractivity contribution in [2.45, 2.75) is 6.92 Å². The predicted octanol–water partition coefficient (Wildman–Crippen LogP) is 3.02. The summed E-state index contributed by atoms with van der Waals surface area (Å²) in [7, 11) is 1.60. The molecule has 110 valence electrons. The van der Waals surface area contributed by atoms with E-state index >= 15 is 0 Å². The number of aryl methyl sites for hydroxylation is 1. The molecule has 0 saturated carbocycles. The van der Waals surface area contributed by atoms with Gasteiger partial charge in [0.1, 0.15) is 17.3 Å². The minimum absolute atomic E-state index is 0.0704. The highest BCUT2D eigenvalue weighted by Gasteiger charge is 2.06. The van der Waals surface area contributed by atoms with Crippen LogP contribution in [-0.4, -0.2) is 24.6 Å². The number of benzene rings is 1. The van der Waals surface area contributed by atoms with Crippen LogP contribution in [0.3, 0.4) is 0 Å². The van der Waals surface area contributed by atoms with E-state index in [1.54, 1.807) is 37.4 Å². The monoisotopic (exact) mass is 398 g/mol. The maximum absolute atomic E-state index is 11.8. The Morgan fingerprint density at radius 2 is 1.86 bits per heavy atom. The van der Waals surface area contributed by atoms with E-state index < -0.39 is 0 Å². The molecule has 1 amide bonds. The van der Waals surface area contributed by atoms with Crippen LogP contribution < -0.4 is 14.8 Å². The van der Waals surface area contributed by atoms with Crippen molar-refractivity contribution in [2.24, 2.45) is 0 Å². The number of anilines is 1. The molecule has 0 spiro atoms. The second-order valence-electron chi connectivity index (χ2n) is 4.28. The molecule has 2 aromatic rings. The predicted molar refractivity (Wildman–Crippen MR) is 88.8 cm³/mol. The van der Waals surface area contributed by atoms with Gasteiger partial charge in [0.25, 0.3) is 5.91 Å². The summed E-state index contributed by atoms with van der Waals surface area (Å²) < 4.78 is 11.5. The first kappa shape index (κ1) is 15.6. The number of halogens is 1. The van der Waals surface area contributed by atoms with Crippen LogP contribution in [0.2, 0.25) is 0 Å². The molecule has 0 saturated heterocycles. The summed E-state index contributed by atoms with van der Waals surface area (Å²) in [6.45, 7) is 1.82. The molecule has 1 N–H and O–H groups in total. The van der Waals surface area contributed by atoms with Crippen molar-refractivity contribution < 1.29 is 14.3 Å². The molecule has 2 rings (SSSR count). The van der Waals surface area contributed by atoms with Gasteiger partial charge < -0.3 is 14.8 Å². The zero-order valence-electron chi connectivity index (χ0n) is 11.7. The van der Waals surface area contributed by atoms with Crippen LogP contribution in [0, 0.1) is 10.5 Å². The molecule has 6 heteroatoms. The highest BCUT2D eigenvalue weighted by atomic mass is 127. The van der Waals surface area contributed by atoms with Gasteiger partial charge in [0, 0.05) is 3.57 Å². The van der Waals surface area contributed by atoms with Crippen LogP contribution in [0.1, 0.15) is 5.69 Å². The quantitative estimate of drug-likeness (QED) is 0.787. The standard InChI is InChI=1S/C15H15IN2O3/c1-10-13(16)7-8-14(17-10)18-15(19)9-21-12-5-3-11(20-2)4-6-12/h3-8H,9H2,1-2H3,(H,17,18,19). The molecule has 0 aliphatic heterocycles. The summed E-state index contributed by atoms with van der Waals surface area (Å²) in [5.41, 5.74) is 0.879. The Hall–Kier alpha value is -1.83. The van der Waals surface area contributed by atoms with Crippen LogP contribution in [0.5, 0.6) is 11.5 Å². The van der Waals surface area contributed by atoms with Gasteiger partial charge in [0.2, 0.25) is 0 Å². The summed E-state index contributed by atoms with van der Waals surface area (Å²) >= 11 is 2.19. The molecular weight excluding hydrogens is 383 g/mol. The highest BCUT2D eigenvalue weighted by Crippen LogP contribution is 2.17. The van der Waals surface area contributed by atoms with Crippen molar-refractivity contribution in [1.82, 2.24) is 4.98 Å². The van der Waals surface area contributed by atoms with Crippen LogP contribution in [0.15, 0.2) is 36.4 Å². The van der Waals surface area contributed by atoms with E-state index in [0.717, 1.165) is 15.0 Å². The van der Waals surface area contributed by atoms with E-state index in [2.05, 4.69) is 32.9 Å². The van der Waals surface area contributed by atoms with Gasteiger partial charge in [-0.05, 0) is 65.9 Å². The molecule has 1 aromatic carbocycles. The van der Waals surface area contributed by atoms with E-state index in [9.17, 15) is 4.79 Å². The van der Waals surface area contributed by atoms with E-state index in [0.29, 0.717) is 11.6 Å². The SMILES string of the molecule is COc1ccc(OCC(=O)Nc2ccc(I)c(C)n2)cc1. The number of hydrogen-bond donors (Lipinski definition) is 1. The first-order valence-corrected chi connectivity index (χ1v) is 7.36. The fraction of sp³-hybridized carbons (Fsp3) is 0.200. The Labute approximate surface area is 136 Å². The number of carbonyl (C=O) groups excluding carboxylic acids is 1. The number of ether oxygens (including phenoxy) is 2. The molecule has 1 heterocycles. The second-order valence-corrected chi connectivity index (χ2v) is 5.44. The first-order chi connectivity index (χ1) is 10.1. The maximum atomic E-state index is 11.8. The van der Waals surface area contributed by atoms with Crippen molar-refractivity contribution in [2.75, 3.05) is 19.0 Å². The summed E-state index contributed by atoms with van der Waals surface area (Å²) in [6.07, 6.45) is 0. The van der Waals surface area contributed by atoms with E-state index in [-0.39, 0.29) is 12.5 Å². The molecule has 21 heavy (non-hydrogen) atoms. The number of aromatic nitrogens is 1. The summed E-state index contributed by atoms with van der Waals surface area (Å²) in [5, 5.41) is 2.70. The third-order valence-electron chi connectivity index (χ3n) is 2.72. The molecule has 0 aliphatic carbocycles. The minimum Gasteiger partial charge on any atom is -0.497 e. The van der Waals surface area contributed by atoms with Gasteiger partial charge in [-0.1, -0.05) is 0 Å². The third kappa shape index (κ3) is 4.59. The Bertz CT molecular complexity index is 629. The number of nitrogens with zero attached hydrogens (tertiary/aromatic N) is 1. The van der Waals surface area contributed by atoms with Gasteiger partial charge in [-0.25, -0.2) is 4.98 Å². The van der Waals surface area contributed by atoms with Crippen molar-refractivity contribution in [3.8, 4) is 11.5 Å². The maximum Gasteiger partial charge on any atom is 0.263 e. The Morgan fingerprint density at radius 3 is 2.48 bits per heavy atom. The second kappa shape index (κ2) is 7.26. The lowest BCUT2D eigenvalue weighted by molar-refractivity contribution is -0.118. The van der Waals surface area contributed by atoms with Gasteiger partial charge >= 0.3 is 0 Å². The van der Waals surface area contributed by atoms with Gasteiger partial charge in [0.05, 0.1) is 12.8 Å². The minimum atomic E-state index is -0.251. The van der Waals surface area contributed by atoms with E-state index in [1.807, 2.05) is 13.0 Å². The van der Waals surface area contributed by atoms with Gasteiger partial charge in [-0.2, -0.15) is 0 Å². The molecule has 0 atom stereocenters. The smallest absolute Gasteiger partial charge is 0.263 e. The highest BCUT2D eigenvalue weighted by molar-refractivity contribution is 14.1. The van der Waals surface area contributed by atoms with Gasteiger partial charge in [0.15, 0.2) is 6.61 Å². The van der Waals surface area contributed by atoms with Crippen LogP contribution >= 0.6 is 22.6 Å². The zero-order valence-corrected chi connectivity index (χ0v) is 13.9. The van der Waals surface area contributed by atoms with Crippen molar-refractivity contribution in [3.05, 3.63) is 45.7 Å². The normalized spacial score (nSPS) is 10.0. The lowest BCUT2D eigenvalue weighted by atomic mass is 10.3. The van der Waals surface area contributed by atoms with Crippen LogP contribution in [-0.2, 0) is 4.79 Å². The Balaban J connectivity index is 1.87. The largest absolute Gasteiger partial charge is 0.497 e. The molecule has 5 nitrogen and oxygen atoms in total. The summed E-state index contributed by atoms with van der Waals surface area (Å²) in [5.74, 6) is 1.62. The fourth-order valence-electron chi connectivity index (χ4n) is 1.61. The topological polar surface area (TPSA) is 60.5 Å². The van der Waals surface area contributed by atoms with Crippen LogP contribution in [0.4, 0.5) is 5.82 Å². The Morgan fingerprint density at radius 1 is 1.19 bits per heavy atom. The molecule has 0 aliphatic rings. The molecule has 0 bridgehead atoms. The molecule has 0 unspecified atom stereocenters. The van der Waals surface area contributed by atoms with Gasteiger partial charge in [-0.15, -0.1) is 0 Å². The Kier molecular flexibility index (Phi) is 5.38. The number of carbonyl (C=O) groups is 1. The summed E-state index contributed by atoms with van der Waals surface area (Å²) in [6, 6.07) is 10.7. The number of hydrogen-bond acceptors (Lipinski definition) is 4. The zero-order chi connectivity index (χ0) is 15.2. The fourth-order valence-corrected chi connectivity index (χ4v) is 1.91. The average Bonchev–Trinajstić information content (AvgIpc) is 2.49.